The molecule has 3 heteroatoms. The van der Waals surface area contributed by atoms with E-state index in [2.05, 4.69) is 13.2 Å². The van der Waals surface area contributed by atoms with Crippen molar-refractivity contribution >= 4 is 22.6 Å². The molecule has 0 bridgehead atoms. The summed E-state index contributed by atoms with van der Waals surface area (Å²) in [5, 5.41) is 0.226. The second-order valence-corrected chi connectivity index (χ2v) is 4.92. The minimum absolute atomic E-state index is 0.0296. The van der Waals surface area contributed by atoms with Crippen LogP contribution in [-0.2, 0) is 0 Å². The lowest BCUT2D eigenvalue weighted by Gasteiger charge is -2.08. The number of fused-ring (bicyclic) bond motifs is 1. The third-order valence-electron chi connectivity index (χ3n) is 3.39. The molecule has 0 radical (unpaired) electrons. The number of rotatable bonds is 4. The first kappa shape index (κ1) is 15.7. The molecule has 22 heavy (non-hydrogen) atoms. The van der Waals surface area contributed by atoms with Gasteiger partial charge < -0.3 is 4.42 Å². The maximum absolute atomic E-state index is 14.2. The van der Waals surface area contributed by atoms with Crippen molar-refractivity contribution in [1.82, 2.24) is 0 Å². The van der Waals surface area contributed by atoms with Gasteiger partial charge in [-0.25, -0.2) is 4.39 Å². The van der Waals surface area contributed by atoms with E-state index in [1.807, 2.05) is 0 Å². The second kappa shape index (κ2) is 6.39. The molecule has 0 aliphatic rings. The molecule has 0 unspecified atom stereocenters. The minimum Gasteiger partial charge on any atom is -0.453 e. The molecule has 0 saturated carbocycles. The van der Waals surface area contributed by atoms with Crippen molar-refractivity contribution in [1.29, 1.82) is 0 Å². The molecule has 2 aromatic rings. The molecule has 1 heterocycles. The Hall–Kier alpha value is -2.68. The quantitative estimate of drug-likeness (QED) is 0.741. The molecule has 0 spiro atoms. The van der Waals surface area contributed by atoms with E-state index in [1.165, 1.54) is 6.08 Å². The fourth-order valence-electron chi connectivity index (χ4n) is 2.22. The predicted molar refractivity (Wildman–Crippen MR) is 90.3 cm³/mol. The highest BCUT2D eigenvalue weighted by molar-refractivity contribution is 5.84. The molecule has 0 atom stereocenters. The van der Waals surface area contributed by atoms with Gasteiger partial charge in [0.1, 0.15) is 5.76 Å². The summed E-state index contributed by atoms with van der Waals surface area (Å²) in [5.41, 5.74) is 1.23. The molecular weight excluding hydrogens is 279 g/mol. The largest absolute Gasteiger partial charge is 0.453 e. The van der Waals surface area contributed by atoms with Gasteiger partial charge in [0.05, 0.1) is 10.9 Å². The number of halogens is 1. The highest BCUT2D eigenvalue weighted by Gasteiger charge is 2.17. The van der Waals surface area contributed by atoms with Crippen molar-refractivity contribution in [3.63, 3.8) is 0 Å². The van der Waals surface area contributed by atoms with Gasteiger partial charge in [0.2, 0.25) is 5.43 Å². The molecule has 0 aliphatic carbocycles. The monoisotopic (exact) mass is 296 g/mol. The van der Waals surface area contributed by atoms with Crippen LogP contribution in [0.4, 0.5) is 4.39 Å². The average Bonchev–Trinajstić information content (AvgIpc) is 2.51. The minimum atomic E-state index is -0.516. The number of hydrogen-bond donors (Lipinski definition) is 0. The van der Waals surface area contributed by atoms with Gasteiger partial charge in [-0.3, -0.25) is 4.79 Å². The molecule has 2 rings (SSSR count). The van der Waals surface area contributed by atoms with Gasteiger partial charge in [-0.15, -0.1) is 0 Å². The van der Waals surface area contributed by atoms with E-state index >= 15 is 0 Å². The van der Waals surface area contributed by atoms with E-state index in [4.69, 9.17) is 4.42 Å². The van der Waals surface area contributed by atoms with E-state index < -0.39 is 5.82 Å². The Bertz CT molecular complexity index is 867. The van der Waals surface area contributed by atoms with Crippen molar-refractivity contribution in [2.45, 2.75) is 13.8 Å². The van der Waals surface area contributed by atoms with Crippen LogP contribution in [0.1, 0.15) is 23.8 Å². The van der Waals surface area contributed by atoms with Crippen molar-refractivity contribution in [3.05, 3.63) is 82.5 Å². The Morgan fingerprint density at radius 3 is 2.64 bits per heavy atom. The summed E-state index contributed by atoms with van der Waals surface area (Å²) in [7, 11) is 0. The summed E-state index contributed by atoms with van der Waals surface area (Å²) in [4.78, 5) is 12.7. The third kappa shape index (κ3) is 2.70. The summed E-state index contributed by atoms with van der Waals surface area (Å²) >= 11 is 0. The van der Waals surface area contributed by atoms with E-state index in [1.54, 1.807) is 50.3 Å². The van der Waals surface area contributed by atoms with Gasteiger partial charge in [-0.1, -0.05) is 43.5 Å². The third-order valence-corrected chi connectivity index (χ3v) is 3.39. The first-order valence-electron chi connectivity index (χ1n) is 6.86. The molecular formula is C19H17FO2. The van der Waals surface area contributed by atoms with Crippen LogP contribution >= 0.6 is 0 Å². The number of aryl methyl sites for hydroxylation is 1. The smallest absolute Gasteiger partial charge is 0.200 e. The Kier molecular flexibility index (Phi) is 4.56. The standard InChI is InChI=1S/C19H17FO2/c1-5-7-8-9-12(3)16-15(6-2)22-19-14(18(16)21)11-10-13(4)17(19)20/h5-11H,1-2H2,3-4H3/b8-7-,12-9+. The zero-order valence-electron chi connectivity index (χ0n) is 12.7. The van der Waals surface area contributed by atoms with Crippen molar-refractivity contribution in [2.24, 2.45) is 0 Å². The number of hydrogen-bond acceptors (Lipinski definition) is 2. The van der Waals surface area contributed by atoms with E-state index in [0.717, 1.165) is 0 Å². The number of allylic oxidation sites excluding steroid dienone is 5. The van der Waals surface area contributed by atoms with Crippen molar-refractivity contribution in [2.75, 3.05) is 0 Å². The normalized spacial score (nSPS) is 12.0. The summed E-state index contributed by atoms with van der Waals surface area (Å²) in [6, 6.07) is 3.16. The molecule has 0 amide bonds. The van der Waals surface area contributed by atoms with E-state index in [9.17, 15) is 9.18 Å². The van der Waals surface area contributed by atoms with Gasteiger partial charge in [0, 0.05) is 0 Å². The highest BCUT2D eigenvalue weighted by Crippen LogP contribution is 2.25. The summed E-state index contributed by atoms with van der Waals surface area (Å²) < 4.78 is 19.8. The van der Waals surface area contributed by atoms with Gasteiger partial charge in [-0.2, -0.15) is 0 Å². The maximum atomic E-state index is 14.2. The molecule has 1 aromatic heterocycles. The fraction of sp³-hybridized carbons (Fsp3) is 0.105. The lowest BCUT2D eigenvalue weighted by atomic mass is 10.0. The summed E-state index contributed by atoms with van der Waals surface area (Å²) in [6.45, 7) is 10.7. The summed E-state index contributed by atoms with van der Waals surface area (Å²) in [6.07, 6.45) is 8.36. The van der Waals surface area contributed by atoms with Crippen LogP contribution in [0.5, 0.6) is 0 Å². The van der Waals surface area contributed by atoms with Crippen molar-refractivity contribution in [3.8, 4) is 0 Å². The van der Waals surface area contributed by atoms with Gasteiger partial charge in [0.25, 0.3) is 0 Å². The Balaban J connectivity index is 2.83. The highest BCUT2D eigenvalue weighted by atomic mass is 19.1. The lowest BCUT2D eigenvalue weighted by molar-refractivity contribution is 0.539. The molecule has 0 N–H and O–H groups in total. The zero-order valence-corrected chi connectivity index (χ0v) is 12.7. The molecule has 112 valence electrons. The van der Waals surface area contributed by atoms with E-state index in [-0.39, 0.29) is 22.2 Å². The first-order chi connectivity index (χ1) is 10.5. The van der Waals surface area contributed by atoms with Crippen LogP contribution in [0.25, 0.3) is 22.6 Å². The fourth-order valence-corrected chi connectivity index (χ4v) is 2.22. The molecule has 2 nitrogen and oxygen atoms in total. The zero-order chi connectivity index (χ0) is 16.3. The topological polar surface area (TPSA) is 30.2 Å². The van der Waals surface area contributed by atoms with E-state index in [0.29, 0.717) is 16.7 Å². The Morgan fingerprint density at radius 2 is 2.00 bits per heavy atom. The van der Waals surface area contributed by atoms with Crippen LogP contribution in [0.15, 0.2) is 58.8 Å². The van der Waals surface area contributed by atoms with Crippen molar-refractivity contribution < 1.29 is 8.81 Å². The molecule has 0 aliphatic heterocycles. The van der Waals surface area contributed by atoms with Crippen LogP contribution in [0.2, 0.25) is 0 Å². The van der Waals surface area contributed by atoms with Crippen LogP contribution in [0.3, 0.4) is 0 Å². The Labute approximate surface area is 128 Å². The van der Waals surface area contributed by atoms with Gasteiger partial charge in [-0.05, 0) is 37.1 Å². The average molecular weight is 296 g/mol. The Morgan fingerprint density at radius 1 is 1.27 bits per heavy atom. The molecule has 1 aromatic carbocycles. The molecule has 0 saturated heterocycles. The van der Waals surface area contributed by atoms with Crippen LogP contribution in [0, 0.1) is 12.7 Å². The van der Waals surface area contributed by atoms with Crippen LogP contribution in [-0.4, -0.2) is 0 Å². The SMILES string of the molecule is C=C/C=C\C=C(/C)c1c(C=C)oc2c(F)c(C)ccc2c1=O. The van der Waals surface area contributed by atoms with Gasteiger partial charge >= 0.3 is 0 Å². The molecule has 0 fully saturated rings. The second-order valence-electron chi connectivity index (χ2n) is 4.92. The first-order valence-corrected chi connectivity index (χ1v) is 6.86. The lowest BCUT2D eigenvalue weighted by Crippen LogP contribution is -2.11. The predicted octanol–water partition coefficient (Wildman–Crippen LogP) is 5.03. The van der Waals surface area contributed by atoms with Gasteiger partial charge in [0.15, 0.2) is 11.4 Å². The van der Waals surface area contributed by atoms with Crippen LogP contribution < -0.4 is 5.43 Å². The number of benzene rings is 1. The maximum Gasteiger partial charge on any atom is 0.200 e. The summed E-state index contributed by atoms with van der Waals surface area (Å²) in [5.74, 6) is -0.250.